The van der Waals surface area contributed by atoms with Gasteiger partial charge in [-0.15, -0.1) is 0 Å². The second-order valence-corrected chi connectivity index (χ2v) is 6.04. The lowest BCUT2D eigenvalue weighted by molar-refractivity contribution is 0.0842. The van der Waals surface area contributed by atoms with Gasteiger partial charge in [-0.25, -0.2) is 0 Å². The third-order valence-corrected chi connectivity index (χ3v) is 4.87. The van der Waals surface area contributed by atoms with Gasteiger partial charge in [0.05, 0.1) is 21.9 Å². The summed E-state index contributed by atoms with van der Waals surface area (Å²) in [5, 5.41) is 8.31. The van der Waals surface area contributed by atoms with Gasteiger partial charge in [-0.3, -0.25) is 4.68 Å². The summed E-state index contributed by atoms with van der Waals surface area (Å²) < 4.78 is 8.71. The first-order valence-electron chi connectivity index (χ1n) is 6.81. The molecule has 3 heterocycles. The molecule has 0 spiro atoms. The minimum Gasteiger partial charge on any atom is -0.381 e. The summed E-state index contributed by atoms with van der Waals surface area (Å²) in [5.41, 5.74) is 2.54. The predicted molar refractivity (Wildman–Crippen MR) is 73.7 cm³/mol. The normalized spacial score (nSPS) is 25.8. The average molecular weight is 314 g/mol. The van der Waals surface area contributed by atoms with E-state index < -0.39 is 0 Å². The van der Waals surface area contributed by atoms with Crippen LogP contribution in [-0.4, -0.2) is 29.5 Å². The number of aryl methyl sites for hydroxylation is 1. The van der Waals surface area contributed by atoms with Gasteiger partial charge in [0.1, 0.15) is 0 Å². The van der Waals surface area contributed by atoms with E-state index in [1.165, 1.54) is 28.7 Å². The maximum absolute atomic E-state index is 5.44. The first-order valence-corrected chi connectivity index (χ1v) is 7.60. The molecule has 0 radical (unpaired) electrons. The number of rotatable bonds is 2. The van der Waals surface area contributed by atoms with Gasteiger partial charge in [0, 0.05) is 26.2 Å². The van der Waals surface area contributed by atoms with Crippen LogP contribution in [0.3, 0.4) is 0 Å². The predicted octanol–water partition coefficient (Wildman–Crippen LogP) is 2.50. The van der Waals surface area contributed by atoms with E-state index in [2.05, 4.69) is 33.0 Å². The Morgan fingerprint density at radius 1 is 1.33 bits per heavy atom. The molecule has 1 N–H and O–H groups in total. The van der Waals surface area contributed by atoms with Crippen molar-refractivity contribution in [3.05, 3.63) is 15.9 Å². The highest BCUT2D eigenvalue weighted by Crippen LogP contribution is 2.37. The van der Waals surface area contributed by atoms with Crippen molar-refractivity contribution < 1.29 is 4.74 Å². The van der Waals surface area contributed by atoms with E-state index in [0.717, 1.165) is 32.6 Å². The van der Waals surface area contributed by atoms with Crippen molar-refractivity contribution in [2.24, 2.45) is 7.05 Å². The fraction of sp³-hybridized carbons (Fsp3) is 0.769. The smallest absolute Gasteiger partial charge is 0.0802 e. The van der Waals surface area contributed by atoms with Gasteiger partial charge in [0.25, 0.3) is 0 Å². The summed E-state index contributed by atoms with van der Waals surface area (Å²) in [5.74, 6) is 0.550. The van der Waals surface area contributed by atoms with Crippen LogP contribution in [-0.2, 0) is 11.8 Å². The molecule has 0 aromatic carbocycles. The van der Waals surface area contributed by atoms with Crippen LogP contribution in [0, 0.1) is 0 Å². The van der Waals surface area contributed by atoms with Gasteiger partial charge < -0.3 is 10.1 Å². The van der Waals surface area contributed by atoms with Crippen molar-refractivity contribution in [3.8, 4) is 0 Å². The number of nitrogens with zero attached hydrogens (tertiary/aromatic N) is 2. The third-order valence-electron chi connectivity index (χ3n) is 4.05. The Morgan fingerprint density at radius 3 is 2.78 bits per heavy atom. The van der Waals surface area contributed by atoms with Crippen molar-refractivity contribution >= 4 is 15.9 Å². The molecule has 0 amide bonds. The molecule has 100 valence electrons. The summed E-state index contributed by atoms with van der Waals surface area (Å²) in [7, 11) is 2.06. The Kier molecular flexibility index (Phi) is 3.73. The number of ether oxygens (including phenoxy) is 1. The Balaban J connectivity index is 1.89. The van der Waals surface area contributed by atoms with Crippen molar-refractivity contribution in [3.63, 3.8) is 0 Å². The number of hydrogen-bond donors (Lipinski definition) is 1. The minimum absolute atomic E-state index is 0.463. The van der Waals surface area contributed by atoms with E-state index in [4.69, 9.17) is 9.84 Å². The molecule has 4 nitrogen and oxygen atoms in total. The van der Waals surface area contributed by atoms with Gasteiger partial charge in [-0.05, 0) is 48.2 Å². The SMILES string of the molecule is Cn1nc(C2CCOCC2)c(Br)c1C1CCCN1. The molecule has 2 aliphatic rings. The van der Waals surface area contributed by atoms with Crippen LogP contribution in [0.15, 0.2) is 4.47 Å². The van der Waals surface area contributed by atoms with E-state index >= 15 is 0 Å². The summed E-state index contributed by atoms with van der Waals surface area (Å²) in [6, 6.07) is 0.463. The Morgan fingerprint density at radius 2 is 2.11 bits per heavy atom. The van der Waals surface area contributed by atoms with E-state index in [1.807, 2.05) is 0 Å². The molecular formula is C13H20BrN3O. The van der Waals surface area contributed by atoms with Crippen LogP contribution in [0.1, 0.15) is 49.0 Å². The molecular weight excluding hydrogens is 294 g/mol. The van der Waals surface area contributed by atoms with Crippen LogP contribution < -0.4 is 5.32 Å². The second-order valence-electron chi connectivity index (χ2n) is 5.24. The maximum Gasteiger partial charge on any atom is 0.0802 e. The maximum atomic E-state index is 5.44. The zero-order chi connectivity index (χ0) is 12.5. The molecule has 2 aliphatic heterocycles. The molecule has 3 rings (SSSR count). The van der Waals surface area contributed by atoms with Crippen molar-refractivity contribution in [2.75, 3.05) is 19.8 Å². The highest BCUT2D eigenvalue weighted by molar-refractivity contribution is 9.10. The quantitative estimate of drug-likeness (QED) is 0.912. The highest BCUT2D eigenvalue weighted by Gasteiger charge is 2.28. The zero-order valence-corrected chi connectivity index (χ0v) is 12.4. The molecule has 0 aliphatic carbocycles. The van der Waals surface area contributed by atoms with Crippen molar-refractivity contribution in [2.45, 2.75) is 37.6 Å². The van der Waals surface area contributed by atoms with Crippen LogP contribution in [0.2, 0.25) is 0 Å². The second kappa shape index (κ2) is 5.31. The van der Waals surface area contributed by atoms with E-state index in [-0.39, 0.29) is 0 Å². The summed E-state index contributed by atoms with van der Waals surface area (Å²) in [6.45, 7) is 2.85. The standard InChI is InChI=1S/C13H20BrN3O/c1-17-13(10-3-2-6-15-10)11(14)12(16-17)9-4-7-18-8-5-9/h9-10,15H,2-8H2,1H3. The fourth-order valence-electron chi connectivity index (χ4n) is 3.06. The lowest BCUT2D eigenvalue weighted by Gasteiger charge is -2.20. The summed E-state index contributed by atoms with van der Waals surface area (Å²) in [4.78, 5) is 0. The summed E-state index contributed by atoms with van der Waals surface area (Å²) >= 11 is 3.78. The molecule has 1 aromatic rings. The van der Waals surface area contributed by atoms with Gasteiger partial charge >= 0.3 is 0 Å². The van der Waals surface area contributed by atoms with Gasteiger partial charge in [-0.2, -0.15) is 5.10 Å². The molecule has 1 aromatic heterocycles. The molecule has 1 atom stereocenters. The molecule has 2 fully saturated rings. The molecule has 1 unspecified atom stereocenters. The van der Waals surface area contributed by atoms with E-state index in [1.54, 1.807) is 0 Å². The molecule has 18 heavy (non-hydrogen) atoms. The zero-order valence-electron chi connectivity index (χ0n) is 10.8. The molecule has 2 saturated heterocycles. The Hall–Kier alpha value is -0.390. The number of nitrogens with one attached hydrogen (secondary N) is 1. The minimum atomic E-state index is 0.463. The van der Waals surface area contributed by atoms with Crippen molar-refractivity contribution in [1.82, 2.24) is 15.1 Å². The highest BCUT2D eigenvalue weighted by atomic mass is 79.9. The Labute approximate surface area is 116 Å². The monoisotopic (exact) mass is 313 g/mol. The number of hydrogen-bond acceptors (Lipinski definition) is 3. The fourth-order valence-corrected chi connectivity index (χ4v) is 4.00. The first kappa shape index (κ1) is 12.6. The van der Waals surface area contributed by atoms with Gasteiger partial charge in [0.15, 0.2) is 0 Å². The molecule has 0 bridgehead atoms. The largest absolute Gasteiger partial charge is 0.381 e. The van der Waals surface area contributed by atoms with Gasteiger partial charge in [0.2, 0.25) is 0 Å². The van der Waals surface area contributed by atoms with E-state index in [0.29, 0.717) is 12.0 Å². The average Bonchev–Trinajstić information content (AvgIpc) is 2.99. The Bertz CT molecular complexity index is 420. The molecule has 5 heteroatoms. The summed E-state index contributed by atoms with van der Waals surface area (Å²) in [6.07, 6.45) is 4.65. The topological polar surface area (TPSA) is 39.1 Å². The van der Waals surface area contributed by atoms with Gasteiger partial charge in [-0.1, -0.05) is 0 Å². The van der Waals surface area contributed by atoms with Crippen LogP contribution >= 0.6 is 15.9 Å². The van der Waals surface area contributed by atoms with E-state index in [9.17, 15) is 0 Å². The van der Waals surface area contributed by atoms with Crippen LogP contribution in [0.5, 0.6) is 0 Å². The van der Waals surface area contributed by atoms with Crippen molar-refractivity contribution in [1.29, 1.82) is 0 Å². The lowest BCUT2D eigenvalue weighted by Crippen LogP contribution is -2.16. The number of aromatic nitrogens is 2. The van der Waals surface area contributed by atoms with Crippen LogP contribution in [0.25, 0.3) is 0 Å². The first-order chi connectivity index (χ1) is 8.77. The number of halogens is 1. The third kappa shape index (κ3) is 2.24. The molecule has 0 saturated carbocycles. The lowest BCUT2D eigenvalue weighted by atomic mass is 9.96. The van der Waals surface area contributed by atoms with Crippen LogP contribution in [0.4, 0.5) is 0 Å².